The maximum Gasteiger partial charge on any atom is 0.261 e. The number of rotatable bonds is 8. The number of anilines is 4. The van der Waals surface area contributed by atoms with Crippen molar-refractivity contribution >= 4 is 45.9 Å². The topological polar surface area (TPSA) is 202 Å². The summed E-state index contributed by atoms with van der Waals surface area (Å²) in [5.74, 6) is 1.03. The molecule has 18 heteroatoms. The minimum Gasteiger partial charge on any atom is -0.484 e. The molecule has 12 rings (SSSR count). The molecule has 68 heavy (non-hydrogen) atoms. The van der Waals surface area contributed by atoms with Gasteiger partial charge in [-0.3, -0.25) is 9.59 Å². The molecule has 10 heterocycles. The van der Waals surface area contributed by atoms with Gasteiger partial charge in [-0.25, -0.2) is 19.0 Å². The highest BCUT2D eigenvalue weighted by Crippen LogP contribution is 2.47. The zero-order chi connectivity index (χ0) is 46.7. The van der Waals surface area contributed by atoms with Crippen LogP contribution in [0.25, 0.3) is 11.3 Å². The predicted molar refractivity (Wildman–Crippen MR) is 253 cm³/mol. The molecular weight excluding hydrogens is 869 g/mol. The van der Waals surface area contributed by atoms with Gasteiger partial charge in [-0.2, -0.15) is 10.2 Å². The lowest BCUT2D eigenvalue weighted by molar-refractivity contribution is 0.0446. The second kappa shape index (κ2) is 17.3. The smallest absolute Gasteiger partial charge is 0.261 e. The van der Waals surface area contributed by atoms with E-state index in [1.807, 2.05) is 38.1 Å². The van der Waals surface area contributed by atoms with Crippen LogP contribution in [0, 0.1) is 10.8 Å². The lowest BCUT2D eigenvalue weighted by atomic mass is 9.78. The lowest BCUT2D eigenvalue weighted by Crippen LogP contribution is -2.40. The third-order valence-electron chi connectivity index (χ3n) is 15.1. The molecule has 4 aromatic heterocycles. The van der Waals surface area contributed by atoms with E-state index < -0.39 is 11.2 Å². The number of piperidine rings is 2. The molecule has 2 aromatic carbocycles. The third-order valence-corrected chi connectivity index (χ3v) is 15.1. The van der Waals surface area contributed by atoms with Crippen LogP contribution in [-0.4, -0.2) is 128 Å². The zero-order valence-electron chi connectivity index (χ0n) is 38.6. The van der Waals surface area contributed by atoms with Gasteiger partial charge >= 0.3 is 0 Å². The standard InChI is InChI=1S/2C25H29N5O4/c2*1-24(15-31)13-17-11-19(28-23(32)18-14-27-30-7-2-6-26-22(18)30)20(12-21(17)34-24)29-8-3-25(4-9-29)5-10-33-16-25/h2*2,6-7,11-12,14,31H,3-5,8-10,13,15-16H2,1H3,(H,28,32)/t2*24-/m10/s1. The highest BCUT2D eigenvalue weighted by Gasteiger charge is 2.42. The van der Waals surface area contributed by atoms with E-state index in [9.17, 15) is 19.8 Å². The Morgan fingerprint density at radius 2 is 1.06 bits per heavy atom. The van der Waals surface area contributed by atoms with Gasteiger partial charge < -0.3 is 49.6 Å². The molecule has 2 spiro atoms. The van der Waals surface area contributed by atoms with Gasteiger partial charge in [0.15, 0.2) is 11.3 Å². The third kappa shape index (κ3) is 8.26. The average molecular weight is 927 g/mol. The summed E-state index contributed by atoms with van der Waals surface area (Å²) in [5, 5.41) is 34.4. The first-order valence-corrected chi connectivity index (χ1v) is 23.7. The molecule has 4 saturated heterocycles. The number of carbonyl (C=O) groups excluding carboxylic acids is 2. The largest absolute Gasteiger partial charge is 0.484 e. The fourth-order valence-corrected chi connectivity index (χ4v) is 10.9. The highest BCUT2D eigenvalue weighted by atomic mass is 16.5. The Morgan fingerprint density at radius 1 is 0.632 bits per heavy atom. The van der Waals surface area contributed by atoms with Crippen molar-refractivity contribution in [1.29, 1.82) is 0 Å². The van der Waals surface area contributed by atoms with Crippen LogP contribution in [-0.2, 0) is 22.3 Å². The van der Waals surface area contributed by atoms with Crippen molar-refractivity contribution in [3.05, 3.63) is 95.8 Å². The quantitative estimate of drug-likeness (QED) is 0.152. The van der Waals surface area contributed by atoms with Crippen LogP contribution in [0.3, 0.4) is 0 Å². The normalized spacial score (nSPS) is 23.3. The average Bonchev–Trinajstić information content (AvgIpc) is 4.23. The van der Waals surface area contributed by atoms with E-state index in [0.717, 1.165) is 137 Å². The zero-order valence-corrected chi connectivity index (χ0v) is 38.6. The molecule has 0 aliphatic carbocycles. The van der Waals surface area contributed by atoms with Crippen molar-refractivity contribution in [1.82, 2.24) is 29.2 Å². The fraction of sp³-hybridized carbons (Fsp3) is 0.480. The number of amides is 2. The monoisotopic (exact) mass is 926 g/mol. The van der Waals surface area contributed by atoms with Crippen LogP contribution in [0.5, 0.6) is 11.5 Å². The number of fused-ring (bicyclic) bond motifs is 4. The minimum absolute atomic E-state index is 0.0704. The van der Waals surface area contributed by atoms with Crippen molar-refractivity contribution in [3.63, 3.8) is 0 Å². The van der Waals surface area contributed by atoms with Crippen LogP contribution in [0.2, 0.25) is 0 Å². The SMILES string of the molecule is C[C@@]1(CO)Cc2cc(NC(=O)c3cnn4cccnc34)c(N3CCC4(CCOC4)CC3)cc2O1.C[C@]1(CO)Cc2cc(NC(=O)c3cnn4cccnc34)c(N3CCC4(CCOC4)CC3)cc2O1. The van der Waals surface area contributed by atoms with E-state index in [-0.39, 0.29) is 35.9 Å². The van der Waals surface area contributed by atoms with Gasteiger partial charge in [0.25, 0.3) is 11.8 Å². The van der Waals surface area contributed by atoms with Crippen molar-refractivity contribution in [2.45, 2.75) is 76.4 Å². The van der Waals surface area contributed by atoms with Crippen LogP contribution in [0.15, 0.2) is 73.6 Å². The maximum atomic E-state index is 13.3. The number of aliphatic hydroxyl groups excluding tert-OH is 2. The molecule has 0 radical (unpaired) electrons. The van der Waals surface area contributed by atoms with Crippen molar-refractivity contribution in [2.24, 2.45) is 10.8 Å². The number of ether oxygens (including phenoxy) is 4. The molecular formula is C50H58N10O8. The second-order valence-electron chi connectivity index (χ2n) is 20.1. The number of nitrogens with zero attached hydrogens (tertiary/aromatic N) is 8. The van der Waals surface area contributed by atoms with Crippen molar-refractivity contribution in [2.75, 3.05) is 86.3 Å². The molecule has 4 N–H and O–H groups in total. The first-order chi connectivity index (χ1) is 32.9. The number of hydrogen-bond donors (Lipinski definition) is 4. The fourth-order valence-electron chi connectivity index (χ4n) is 10.9. The number of aliphatic hydroxyl groups is 2. The van der Waals surface area contributed by atoms with Crippen molar-refractivity contribution < 1.29 is 38.7 Å². The number of benzene rings is 2. The molecule has 6 aromatic rings. The Bertz CT molecular complexity index is 2680. The van der Waals surface area contributed by atoms with Crippen LogP contribution in [0.4, 0.5) is 22.7 Å². The Hall–Kier alpha value is -6.34. The first kappa shape index (κ1) is 44.2. The molecule has 2 amide bonds. The molecule has 6 aliphatic heterocycles. The molecule has 4 fully saturated rings. The lowest BCUT2D eigenvalue weighted by Gasteiger charge is -2.40. The summed E-state index contributed by atoms with van der Waals surface area (Å²) < 4.78 is 26.8. The van der Waals surface area contributed by atoms with Gasteiger partial charge in [-0.15, -0.1) is 0 Å². The van der Waals surface area contributed by atoms with Gasteiger partial charge in [0.05, 0.1) is 61.6 Å². The summed E-state index contributed by atoms with van der Waals surface area (Å²) in [6, 6.07) is 11.6. The minimum atomic E-state index is -0.651. The number of carbonyl (C=O) groups is 2. The summed E-state index contributed by atoms with van der Waals surface area (Å²) in [5.41, 5.74) is 6.44. The Balaban J connectivity index is 0.000000149. The second-order valence-corrected chi connectivity index (χ2v) is 20.1. The molecule has 2 atom stereocenters. The maximum absolute atomic E-state index is 13.3. The van der Waals surface area contributed by atoms with Gasteiger partial charge in [0.2, 0.25) is 0 Å². The van der Waals surface area contributed by atoms with E-state index in [4.69, 9.17) is 18.9 Å². The number of aromatic nitrogens is 6. The molecule has 18 nitrogen and oxygen atoms in total. The molecule has 6 aliphatic rings. The van der Waals surface area contributed by atoms with E-state index >= 15 is 0 Å². The van der Waals surface area contributed by atoms with Gasteiger partial charge in [0.1, 0.15) is 33.8 Å². The summed E-state index contributed by atoms with van der Waals surface area (Å²) >= 11 is 0. The molecule has 0 unspecified atom stereocenters. The van der Waals surface area contributed by atoms with Crippen LogP contribution < -0.4 is 29.9 Å². The first-order valence-electron chi connectivity index (χ1n) is 23.7. The predicted octanol–water partition coefficient (Wildman–Crippen LogP) is 5.35. The Labute approximate surface area is 393 Å². The molecule has 356 valence electrons. The van der Waals surface area contributed by atoms with Crippen LogP contribution >= 0.6 is 0 Å². The van der Waals surface area contributed by atoms with Gasteiger partial charge in [0, 0.05) is 100 Å². The van der Waals surface area contributed by atoms with E-state index in [0.29, 0.717) is 35.3 Å². The van der Waals surface area contributed by atoms with E-state index in [1.54, 1.807) is 58.3 Å². The summed E-state index contributed by atoms with van der Waals surface area (Å²) in [6.07, 6.45) is 17.6. The molecule has 0 saturated carbocycles. The van der Waals surface area contributed by atoms with E-state index in [1.165, 1.54) is 0 Å². The van der Waals surface area contributed by atoms with E-state index in [2.05, 4.69) is 40.6 Å². The van der Waals surface area contributed by atoms with Crippen molar-refractivity contribution in [3.8, 4) is 11.5 Å². The summed E-state index contributed by atoms with van der Waals surface area (Å²) in [7, 11) is 0. The summed E-state index contributed by atoms with van der Waals surface area (Å²) in [4.78, 5) is 39.9. The van der Waals surface area contributed by atoms with Gasteiger partial charge in [-0.05, 0) is 87.5 Å². The van der Waals surface area contributed by atoms with Crippen LogP contribution in [0.1, 0.15) is 84.2 Å². The Kier molecular flexibility index (Phi) is 11.3. The number of nitrogens with one attached hydrogen (secondary N) is 2. The Morgan fingerprint density at radius 3 is 1.44 bits per heavy atom. The number of hydrogen-bond acceptors (Lipinski definition) is 14. The van der Waals surface area contributed by atoms with Gasteiger partial charge in [-0.1, -0.05) is 0 Å². The summed E-state index contributed by atoms with van der Waals surface area (Å²) in [6.45, 7) is 10.6. The highest BCUT2D eigenvalue weighted by molar-refractivity contribution is 6.10. The molecule has 0 bridgehead atoms.